The molecule has 3 heteroatoms. The van der Waals surface area contributed by atoms with Crippen molar-refractivity contribution in [1.82, 2.24) is 4.90 Å². The van der Waals surface area contributed by atoms with Crippen LogP contribution in [0.25, 0.3) is 11.0 Å². The number of benzene rings is 2. The molecule has 3 rings (SSSR count). The summed E-state index contributed by atoms with van der Waals surface area (Å²) in [6.45, 7) is 4.75. The van der Waals surface area contributed by atoms with Crippen LogP contribution >= 0.6 is 0 Å². The number of furan rings is 1. The first-order valence-electron chi connectivity index (χ1n) is 8.02. The van der Waals surface area contributed by atoms with E-state index >= 15 is 0 Å². The second-order valence-electron chi connectivity index (χ2n) is 5.82. The first kappa shape index (κ1) is 15.3. The molecule has 0 aliphatic heterocycles. The van der Waals surface area contributed by atoms with E-state index in [1.54, 1.807) is 0 Å². The standard InChI is InChI=1S/C20H21NO2/c1-3-15(2)21(14-16-9-5-4-6-10-16)20(22)19-13-17-11-7-8-12-18(17)23-19/h4-13,15H,3,14H2,1-2H3. The number of para-hydroxylation sites is 1. The molecule has 1 aromatic heterocycles. The summed E-state index contributed by atoms with van der Waals surface area (Å²) in [7, 11) is 0. The largest absolute Gasteiger partial charge is 0.451 e. The Morgan fingerprint density at radius 3 is 2.48 bits per heavy atom. The topological polar surface area (TPSA) is 33.5 Å². The lowest BCUT2D eigenvalue weighted by molar-refractivity contribution is 0.0641. The highest BCUT2D eigenvalue weighted by Gasteiger charge is 2.23. The van der Waals surface area contributed by atoms with Crippen LogP contribution < -0.4 is 0 Å². The fourth-order valence-corrected chi connectivity index (χ4v) is 2.66. The quantitative estimate of drug-likeness (QED) is 0.673. The lowest BCUT2D eigenvalue weighted by Gasteiger charge is -2.28. The van der Waals surface area contributed by atoms with Crippen molar-refractivity contribution in [3.63, 3.8) is 0 Å². The SMILES string of the molecule is CCC(C)N(Cc1ccccc1)C(=O)c1cc2ccccc2o1. The summed E-state index contributed by atoms with van der Waals surface area (Å²) < 4.78 is 5.75. The minimum Gasteiger partial charge on any atom is -0.451 e. The van der Waals surface area contributed by atoms with E-state index in [9.17, 15) is 4.79 Å². The van der Waals surface area contributed by atoms with E-state index < -0.39 is 0 Å². The fraction of sp³-hybridized carbons (Fsp3) is 0.250. The van der Waals surface area contributed by atoms with E-state index in [1.165, 1.54) is 0 Å². The van der Waals surface area contributed by atoms with Crippen LogP contribution in [0, 0.1) is 0 Å². The van der Waals surface area contributed by atoms with Gasteiger partial charge in [0.05, 0.1) is 0 Å². The first-order valence-corrected chi connectivity index (χ1v) is 8.02. The van der Waals surface area contributed by atoms with Crippen LogP contribution in [0.4, 0.5) is 0 Å². The van der Waals surface area contributed by atoms with Crippen molar-refractivity contribution in [2.24, 2.45) is 0 Å². The van der Waals surface area contributed by atoms with Gasteiger partial charge in [0.25, 0.3) is 5.91 Å². The van der Waals surface area contributed by atoms with Crippen molar-refractivity contribution in [3.05, 3.63) is 72.0 Å². The molecule has 0 fully saturated rings. The Labute approximate surface area is 136 Å². The molecule has 0 bridgehead atoms. The number of fused-ring (bicyclic) bond motifs is 1. The van der Waals surface area contributed by atoms with Crippen LogP contribution in [-0.2, 0) is 6.54 Å². The number of rotatable bonds is 5. The first-order chi connectivity index (χ1) is 11.2. The molecule has 3 nitrogen and oxygen atoms in total. The molecule has 0 saturated carbocycles. The Morgan fingerprint density at radius 2 is 1.78 bits per heavy atom. The zero-order valence-electron chi connectivity index (χ0n) is 13.5. The lowest BCUT2D eigenvalue weighted by Crippen LogP contribution is -2.37. The third-order valence-corrected chi connectivity index (χ3v) is 4.22. The third-order valence-electron chi connectivity index (χ3n) is 4.22. The Hall–Kier alpha value is -2.55. The molecule has 0 N–H and O–H groups in total. The Balaban J connectivity index is 1.90. The number of hydrogen-bond acceptors (Lipinski definition) is 2. The van der Waals surface area contributed by atoms with Crippen LogP contribution in [-0.4, -0.2) is 16.8 Å². The van der Waals surface area contributed by atoms with Gasteiger partial charge in [-0.1, -0.05) is 55.5 Å². The normalized spacial score (nSPS) is 12.3. The molecule has 3 aromatic rings. The van der Waals surface area contributed by atoms with Gasteiger partial charge in [0.15, 0.2) is 5.76 Å². The smallest absolute Gasteiger partial charge is 0.290 e. The van der Waals surface area contributed by atoms with Gasteiger partial charge < -0.3 is 9.32 Å². The van der Waals surface area contributed by atoms with E-state index in [-0.39, 0.29) is 11.9 Å². The van der Waals surface area contributed by atoms with Crippen molar-refractivity contribution in [2.75, 3.05) is 0 Å². The van der Waals surface area contributed by atoms with E-state index in [4.69, 9.17) is 4.42 Å². The van der Waals surface area contributed by atoms with Gasteiger partial charge in [-0.25, -0.2) is 0 Å². The average molecular weight is 307 g/mol. The average Bonchev–Trinajstić information content (AvgIpc) is 3.03. The number of hydrogen-bond donors (Lipinski definition) is 0. The van der Waals surface area contributed by atoms with Crippen LogP contribution in [0.5, 0.6) is 0 Å². The molecule has 2 aromatic carbocycles. The van der Waals surface area contributed by atoms with Crippen molar-refractivity contribution in [2.45, 2.75) is 32.9 Å². The molecule has 1 heterocycles. The summed E-state index contributed by atoms with van der Waals surface area (Å²) in [5.41, 5.74) is 1.87. The minimum absolute atomic E-state index is 0.0561. The summed E-state index contributed by atoms with van der Waals surface area (Å²) in [5.74, 6) is 0.349. The van der Waals surface area contributed by atoms with Gasteiger partial charge in [-0.05, 0) is 31.0 Å². The Kier molecular flexibility index (Phi) is 4.47. The monoisotopic (exact) mass is 307 g/mol. The molecule has 23 heavy (non-hydrogen) atoms. The van der Waals surface area contributed by atoms with Gasteiger partial charge in [-0.3, -0.25) is 4.79 Å². The lowest BCUT2D eigenvalue weighted by atomic mass is 10.1. The highest BCUT2D eigenvalue weighted by molar-refractivity contribution is 5.96. The van der Waals surface area contributed by atoms with Crippen LogP contribution in [0.2, 0.25) is 0 Å². The summed E-state index contributed by atoms with van der Waals surface area (Å²) in [6.07, 6.45) is 0.902. The molecule has 1 unspecified atom stereocenters. The van der Waals surface area contributed by atoms with Crippen molar-refractivity contribution >= 4 is 16.9 Å². The van der Waals surface area contributed by atoms with Gasteiger partial charge in [-0.2, -0.15) is 0 Å². The van der Waals surface area contributed by atoms with Gasteiger partial charge in [0, 0.05) is 18.0 Å². The maximum Gasteiger partial charge on any atom is 0.290 e. The number of carbonyl (C=O) groups is 1. The summed E-state index contributed by atoms with van der Waals surface area (Å²) in [6, 6.07) is 19.7. The highest BCUT2D eigenvalue weighted by Crippen LogP contribution is 2.22. The molecular formula is C20H21NO2. The van der Waals surface area contributed by atoms with Crippen LogP contribution in [0.3, 0.4) is 0 Å². The Morgan fingerprint density at radius 1 is 1.09 bits per heavy atom. The molecular weight excluding hydrogens is 286 g/mol. The minimum atomic E-state index is -0.0561. The fourth-order valence-electron chi connectivity index (χ4n) is 2.66. The Bertz CT molecular complexity index is 759. The number of carbonyl (C=O) groups excluding carboxylic acids is 1. The molecule has 118 valence electrons. The van der Waals surface area contributed by atoms with E-state index in [2.05, 4.69) is 13.8 Å². The second kappa shape index (κ2) is 6.69. The molecule has 0 aliphatic rings. The van der Waals surface area contributed by atoms with Gasteiger partial charge >= 0.3 is 0 Å². The van der Waals surface area contributed by atoms with E-state index in [1.807, 2.05) is 65.6 Å². The van der Waals surface area contributed by atoms with Crippen LogP contribution in [0.15, 0.2) is 65.1 Å². The maximum atomic E-state index is 13.0. The van der Waals surface area contributed by atoms with Gasteiger partial charge in [0.2, 0.25) is 0 Å². The highest BCUT2D eigenvalue weighted by atomic mass is 16.3. The summed E-state index contributed by atoms with van der Waals surface area (Å²) in [5, 5.41) is 0.958. The number of amides is 1. The predicted octanol–water partition coefficient (Wildman–Crippen LogP) is 4.87. The van der Waals surface area contributed by atoms with Gasteiger partial charge in [-0.15, -0.1) is 0 Å². The van der Waals surface area contributed by atoms with Gasteiger partial charge in [0.1, 0.15) is 5.58 Å². The maximum absolute atomic E-state index is 13.0. The van der Waals surface area contributed by atoms with Crippen molar-refractivity contribution in [1.29, 1.82) is 0 Å². The second-order valence-corrected chi connectivity index (χ2v) is 5.82. The van der Waals surface area contributed by atoms with Crippen LogP contribution in [0.1, 0.15) is 36.4 Å². The van der Waals surface area contributed by atoms with E-state index in [0.29, 0.717) is 12.3 Å². The van der Waals surface area contributed by atoms with Crippen molar-refractivity contribution in [3.8, 4) is 0 Å². The van der Waals surface area contributed by atoms with Crippen molar-refractivity contribution < 1.29 is 9.21 Å². The molecule has 0 spiro atoms. The predicted molar refractivity (Wildman–Crippen MR) is 92.3 cm³/mol. The summed E-state index contributed by atoms with van der Waals surface area (Å²) >= 11 is 0. The molecule has 0 aliphatic carbocycles. The number of nitrogens with zero attached hydrogens (tertiary/aromatic N) is 1. The molecule has 1 amide bonds. The zero-order valence-corrected chi connectivity index (χ0v) is 13.5. The van der Waals surface area contributed by atoms with E-state index in [0.717, 1.165) is 23.0 Å². The molecule has 0 radical (unpaired) electrons. The third kappa shape index (κ3) is 3.29. The zero-order chi connectivity index (χ0) is 16.2. The summed E-state index contributed by atoms with van der Waals surface area (Å²) in [4.78, 5) is 14.8. The molecule has 0 saturated heterocycles. The molecule has 1 atom stereocenters.